The van der Waals surface area contributed by atoms with E-state index in [1.165, 1.54) is 4.57 Å². The van der Waals surface area contributed by atoms with E-state index in [0.717, 1.165) is 27.5 Å². The fraction of sp³-hybridized carbons (Fsp3) is 0. The summed E-state index contributed by atoms with van der Waals surface area (Å²) < 4.78 is 79.1. The molecule has 0 bridgehead atoms. The fourth-order valence-corrected chi connectivity index (χ4v) is 6.67. The van der Waals surface area contributed by atoms with Crippen LogP contribution >= 0.6 is 0 Å². The van der Waals surface area contributed by atoms with E-state index < -0.39 is 48.3 Å². The highest BCUT2D eigenvalue weighted by Gasteiger charge is 2.22. The minimum Gasteiger partial charge on any atom is -0.456 e. The van der Waals surface area contributed by atoms with Crippen LogP contribution in [0.5, 0.6) is 0 Å². The van der Waals surface area contributed by atoms with Crippen LogP contribution in [0.15, 0.2) is 174 Å². The third kappa shape index (κ3) is 4.52. The number of benzene rings is 7. The fourth-order valence-electron chi connectivity index (χ4n) is 6.67. The van der Waals surface area contributed by atoms with Crippen molar-refractivity contribution in [3.05, 3.63) is 170 Å². The number of para-hydroxylation sites is 4. The molecule has 0 saturated carbocycles. The first-order valence-electron chi connectivity index (χ1n) is 20.1. The molecule has 0 saturated heterocycles. The van der Waals surface area contributed by atoms with Crippen molar-refractivity contribution in [3.63, 3.8) is 0 Å². The van der Waals surface area contributed by atoms with Crippen LogP contribution in [0.4, 0.5) is 0 Å². The number of nitrogens with zero attached hydrogens (tertiary/aromatic N) is 4. The molecule has 0 fully saturated rings. The lowest BCUT2D eigenvalue weighted by atomic mass is 9.98. The van der Waals surface area contributed by atoms with Crippen molar-refractivity contribution in [1.82, 2.24) is 19.5 Å². The summed E-state index contributed by atoms with van der Waals surface area (Å²) in [5.41, 5.74) is 4.89. The molecule has 0 aliphatic carbocycles. The number of hydrogen-bond acceptors (Lipinski definition) is 4. The van der Waals surface area contributed by atoms with Gasteiger partial charge < -0.3 is 8.98 Å². The molecule has 3 aromatic heterocycles. The Morgan fingerprint density at radius 2 is 1.02 bits per heavy atom. The molecule has 0 atom stereocenters. The second kappa shape index (κ2) is 11.4. The van der Waals surface area contributed by atoms with Crippen LogP contribution in [0.25, 0.3) is 94.7 Å². The van der Waals surface area contributed by atoms with Gasteiger partial charge in [-0.3, -0.25) is 0 Å². The van der Waals surface area contributed by atoms with Crippen LogP contribution in [-0.4, -0.2) is 19.5 Å². The molecule has 0 amide bonds. The number of aromatic nitrogens is 4. The molecular weight excluding hydrogens is 613 g/mol. The predicted octanol–water partition coefficient (Wildman–Crippen LogP) is 11.5. The Hall–Kier alpha value is -6.85. The van der Waals surface area contributed by atoms with Crippen molar-refractivity contribution in [1.29, 1.82) is 0 Å². The van der Waals surface area contributed by atoms with Crippen LogP contribution in [0.1, 0.15) is 11.0 Å². The molecule has 5 nitrogen and oxygen atoms in total. The Morgan fingerprint density at radius 3 is 1.76 bits per heavy atom. The lowest BCUT2D eigenvalue weighted by molar-refractivity contribution is 0.669. The van der Waals surface area contributed by atoms with Gasteiger partial charge >= 0.3 is 0 Å². The maximum atomic E-state index is 9.27. The van der Waals surface area contributed by atoms with Crippen LogP contribution in [-0.2, 0) is 0 Å². The number of fused-ring (bicyclic) bond motifs is 6. The molecule has 0 unspecified atom stereocenters. The Kier molecular flexibility index (Phi) is 4.83. The summed E-state index contributed by atoms with van der Waals surface area (Å²) in [6, 6.07) is 34.3. The van der Waals surface area contributed by atoms with Gasteiger partial charge in [-0.05, 0) is 41.9 Å². The van der Waals surface area contributed by atoms with Gasteiger partial charge in [0.25, 0.3) is 0 Å². The Morgan fingerprint density at radius 1 is 0.440 bits per heavy atom. The summed E-state index contributed by atoms with van der Waals surface area (Å²) in [4.78, 5) is 15.1. The van der Waals surface area contributed by atoms with Crippen molar-refractivity contribution in [2.75, 3.05) is 0 Å². The van der Waals surface area contributed by atoms with E-state index in [0.29, 0.717) is 39.6 Å². The van der Waals surface area contributed by atoms with E-state index in [1.54, 1.807) is 6.07 Å². The lowest BCUT2D eigenvalue weighted by Gasteiger charge is -2.19. The third-order valence-corrected chi connectivity index (χ3v) is 8.92. The molecular formula is C45H28N4O. The topological polar surface area (TPSA) is 56.7 Å². The second-order valence-corrected chi connectivity index (χ2v) is 11.8. The summed E-state index contributed by atoms with van der Waals surface area (Å²) in [5, 5.41) is 1.87. The minimum atomic E-state index is -0.517. The van der Waals surface area contributed by atoms with E-state index in [9.17, 15) is 2.74 Å². The van der Waals surface area contributed by atoms with E-state index >= 15 is 0 Å². The Labute approximate surface area is 299 Å². The molecule has 10 rings (SSSR count). The van der Waals surface area contributed by atoms with Gasteiger partial charge in [0.15, 0.2) is 17.5 Å². The minimum absolute atomic E-state index is 0.00877. The smallest absolute Gasteiger partial charge is 0.166 e. The van der Waals surface area contributed by atoms with Gasteiger partial charge in [-0.1, -0.05) is 133 Å². The normalized spacial score (nSPS) is 13.8. The van der Waals surface area contributed by atoms with Crippen LogP contribution in [0.2, 0.25) is 0 Å². The van der Waals surface area contributed by atoms with Crippen molar-refractivity contribution < 1.29 is 15.4 Å². The molecule has 50 heavy (non-hydrogen) atoms. The van der Waals surface area contributed by atoms with Crippen molar-refractivity contribution in [2.24, 2.45) is 0 Å². The van der Waals surface area contributed by atoms with Gasteiger partial charge in [0, 0.05) is 43.8 Å². The standard InChI is InChI=1S/C45H28N4O/c1-3-14-29(15-4-1)32-21-13-22-37(42(32)49-38-23-10-7-18-33(38)34-19-8-11-24-39(34)49)45-47-43(30-16-5-2-6-17-30)46-44(48-45)31-26-27-36-35-20-9-12-25-40(35)50-41(36)28-31/h1-28H/i7D,8D,10D,11D,18D,19D,23D,24D. The molecule has 7 aromatic carbocycles. The zero-order chi connectivity index (χ0) is 40.0. The lowest BCUT2D eigenvalue weighted by Crippen LogP contribution is -2.05. The third-order valence-electron chi connectivity index (χ3n) is 8.92. The summed E-state index contributed by atoms with van der Waals surface area (Å²) >= 11 is 0. The molecule has 0 radical (unpaired) electrons. The Balaban J connectivity index is 1.36. The summed E-state index contributed by atoms with van der Waals surface area (Å²) in [6.45, 7) is 0. The molecule has 0 spiro atoms. The first-order valence-corrected chi connectivity index (χ1v) is 16.1. The first kappa shape index (κ1) is 21.2. The molecule has 10 aromatic rings. The highest BCUT2D eigenvalue weighted by molar-refractivity contribution is 6.10. The zero-order valence-corrected chi connectivity index (χ0v) is 26.2. The molecule has 3 heterocycles. The quantitative estimate of drug-likeness (QED) is 0.186. The van der Waals surface area contributed by atoms with E-state index in [1.807, 2.05) is 115 Å². The summed E-state index contributed by atoms with van der Waals surface area (Å²) in [6.07, 6.45) is 0. The van der Waals surface area contributed by atoms with Crippen LogP contribution < -0.4 is 0 Å². The second-order valence-electron chi connectivity index (χ2n) is 11.8. The molecule has 0 N–H and O–H groups in total. The SMILES string of the molecule is [2H]c1c([2H])c([2H])c2c(c1[2H])c1c([2H])c([2H])c([2H])c([2H])c1n2-c1c(-c2ccccc2)cccc1-c1nc(-c2ccccc2)nc(-c2ccc3c(c2)oc2ccccc23)n1. The van der Waals surface area contributed by atoms with Crippen molar-refractivity contribution in [2.45, 2.75) is 0 Å². The molecule has 0 aliphatic rings. The van der Waals surface area contributed by atoms with Gasteiger partial charge in [0.2, 0.25) is 0 Å². The summed E-state index contributed by atoms with van der Waals surface area (Å²) in [7, 11) is 0. The highest BCUT2D eigenvalue weighted by Crippen LogP contribution is 2.41. The van der Waals surface area contributed by atoms with E-state index in [4.69, 9.17) is 27.6 Å². The zero-order valence-electron chi connectivity index (χ0n) is 34.2. The number of rotatable bonds is 5. The number of hydrogen-bond donors (Lipinski definition) is 0. The summed E-state index contributed by atoms with van der Waals surface area (Å²) in [5.74, 6) is 0.929. The van der Waals surface area contributed by atoms with Crippen molar-refractivity contribution >= 4 is 43.7 Å². The van der Waals surface area contributed by atoms with Gasteiger partial charge in [-0.25, -0.2) is 15.0 Å². The number of furan rings is 1. The molecule has 234 valence electrons. The van der Waals surface area contributed by atoms with Crippen LogP contribution in [0, 0.1) is 0 Å². The average Bonchev–Trinajstić information content (AvgIpc) is 3.83. The van der Waals surface area contributed by atoms with Gasteiger partial charge in [-0.15, -0.1) is 0 Å². The molecule has 5 heteroatoms. The van der Waals surface area contributed by atoms with Crippen LogP contribution in [0.3, 0.4) is 0 Å². The monoisotopic (exact) mass is 648 g/mol. The van der Waals surface area contributed by atoms with E-state index in [-0.39, 0.29) is 27.6 Å². The van der Waals surface area contributed by atoms with Gasteiger partial charge in [0.1, 0.15) is 11.2 Å². The van der Waals surface area contributed by atoms with E-state index in [2.05, 4.69) is 0 Å². The predicted molar refractivity (Wildman–Crippen MR) is 203 cm³/mol. The largest absolute Gasteiger partial charge is 0.456 e. The van der Waals surface area contributed by atoms with Gasteiger partial charge in [-0.2, -0.15) is 0 Å². The first-order chi connectivity index (χ1) is 28.1. The average molecular weight is 649 g/mol. The molecule has 0 aliphatic heterocycles. The Bertz CT molecular complexity index is 3250. The van der Waals surface area contributed by atoms with Gasteiger partial charge in [0.05, 0.1) is 27.7 Å². The maximum Gasteiger partial charge on any atom is 0.166 e. The highest BCUT2D eigenvalue weighted by atomic mass is 16.3. The van der Waals surface area contributed by atoms with Crippen molar-refractivity contribution in [3.8, 4) is 51.0 Å². The maximum absolute atomic E-state index is 9.27.